The van der Waals surface area contributed by atoms with Crippen LogP contribution in [0.4, 0.5) is 0 Å². The zero-order chi connectivity index (χ0) is 38.8. The van der Waals surface area contributed by atoms with Crippen LogP contribution in [0.3, 0.4) is 0 Å². The number of benzene rings is 7. The lowest BCUT2D eigenvalue weighted by molar-refractivity contribution is 1.18. The molecule has 0 radical (unpaired) electrons. The molecule has 0 amide bonds. The molecule has 0 aliphatic carbocycles. The van der Waals surface area contributed by atoms with Gasteiger partial charge in [-0.05, 0) is 111 Å². The van der Waals surface area contributed by atoms with Gasteiger partial charge in [0.05, 0.1) is 22.1 Å². The molecule has 0 bridgehead atoms. The fraction of sp³-hybridized carbons (Fsp3) is 0. The lowest BCUT2D eigenvalue weighted by Gasteiger charge is -2.37. The van der Waals surface area contributed by atoms with Crippen molar-refractivity contribution in [3.8, 4) is 33.6 Å². The van der Waals surface area contributed by atoms with Crippen LogP contribution in [0.1, 0.15) is 0 Å². The lowest BCUT2D eigenvalue weighted by Crippen LogP contribution is -2.62. The minimum absolute atomic E-state index is 0.0920. The molecular formula is C52H28B2N4S2. The summed E-state index contributed by atoms with van der Waals surface area (Å²) >= 11 is 3.90. The Morgan fingerprint density at radius 1 is 0.400 bits per heavy atom. The van der Waals surface area contributed by atoms with E-state index in [-0.39, 0.29) is 13.4 Å². The highest BCUT2D eigenvalue weighted by molar-refractivity contribution is 8.01. The van der Waals surface area contributed by atoms with Crippen molar-refractivity contribution in [1.29, 1.82) is 0 Å². The highest BCUT2D eigenvalue weighted by Crippen LogP contribution is 2.47. The van der Waals surface area contributed by atoms with Crippen molar-refractivity contribution in [2.45, 2.75) is 19.6 Å². The second-order valence-corrected chi connectivity index (χ2v) is 18.6. The molecule has 0 N–H and O–H groups in total. The molecule has 4 nitrogen and oxygen atoms in total. The van der Waals surface area contributed by atoms with Crippen molar-refractivity contribution in [2.75, 3.05) is 0 Å². The largest absolute Gasteiger partial charge is 0.310 e. The third kappa shape index (κ3) is 3.94. The Kier molecular flexibility index (Phi) is 6.17. The van der Waals surface area contributed by atoms with Crippen LogP contribution in [0.25, 0.3) is 77.2 Å². The fourth-order valence-electron chi connectivity index (χ4n) is 11.4. The van der Waals surface area contributed by atoms with Crippen LogP contribution in [-0.2, 0) is 0 Å². The molecule has 8 heteroatoms. The minimum atomic E-state index is 0.0920. The van der Waals surface area contributed by atoms with Crippen LogP contribution < -0.4 is 32.8 Å². The lowest BCUT2D eigenvalue weighted by atomic mass is 9.32. The first kappa shape index (κ1) is 32.2. The van der Waals surface area contributed by atoms with E-state index in [9.17, 15) is 0 Å². The number of rotatable bonds is 2. The topological polar surface area (TPSA) is 35.6 Å². The normalized spacial score (nSPS) is 13.8. The molecule has 0 spiro atoms. The van der Waals surface area contributed by atoms with Crippen LogP contribution in [0, 0.1) is 0 Å². The zero-order valence-electron chi connectivity index (χ0n) is 31.9. The predicted molar refractivity (Wildman–Crippen MR) is 252 cm³/mol. The smallest absolute Gasteiger partial charge is 0.249 e. The highest BCUT2D eigenvalue weighted by Gasteiger charge is 2.45. The number of pyridine rings is 2. The van der Waals surface area contributed by atoms with Crippen molar-refractivity contribution in [3.05, 3.63) is 170 Å². The van der Waals surface area contributed by atoms with Gasteiger partial charge >= 0.3 is 0 Å². The molecule has 60 heavy (non-hydrogen) atoms. The van der Waals surface area contributed by atoms with E-state index >= 15 is 0 Å². The number of hydrogen-bond acceptors (Lipinski definition) is 4. The fourth-order valence-corrected chi connectivity index (χ4v) is 13.9. The van der Waals surface area contributed by atoms with Gasteiger partial charge in [0, 0.05) is 77.3 Å². The van der Waals surface area contributed by atoms with Crippen molar-refractivity contribution in [3.63, 3.8) is 0 Å². The Labute approximate surface area is 354 Å². The molecule has 11 aromatic rings. The number of aromatic nitrogens is 4. The average molecular weight is 795 g/mol. The molecule has 0 saturated heterocycles. The second kappa shape index (κ2) is 11.5. The highest BCUT2D eigenvalue weighted by atomic mass is 32.2. The zero-order valence-corrected chi connectivity index (χ0v) is 33.6. The van der Waals surface area contributed by atoms with E-state index in [4.69, 9.17) is 0 Å². The molecule has 4 aliphatic heterocycles. The van der Waals surface area contributed by atoms with Crippen LogP contribution in [-0.4, -0.2) is 32.5 Å². The Balaban J connectivity index is 1.04. The Morgan fingerprint density at radius 3 is 1.32 bits per heavy atom. The van der Waals surface area contributed by atoms with Gasteiger partial charge in [0.2, 0.25) is 13.4 Å². The first-order chi connectivity index (χ1) is 29.8. The number of para-hydroxylation sites is 4. The summed E-state index contributed by atoms with van der Waals surface area (Å²) in [5.74, 6) is 0. The van der Waals surface area contributed by atoms with E-state index < -0.39 is 0 Å². The summed E-state index contributed by atoms with van der Waals surface area (Å²) in [5, 5.41) is 5.22. The maximum absolute atomic E-state index is 4.41. The van der Waals surface area contributed by atoms with E-state index in [0.29, 0.717) is 0 Å². The van der Waals surface area contributed by atoms with E-state index in [2.05, 4.69) is 165 Å². The third-order valence-corrected chi connectivity index (χ3v) is 15.9. The monoisotopic (exact) mass is 794 g/mol. The summed E-state index contributed by atoms with van der Waals surface area (Å²) in [6.07, 6.45) is 7.68. The molecule has 15 rings (SSSR count). The van der Waals surface area contributed by atoms with E-state index in [1.54, 1.807) is 0 Å². The van der Waals surface area contributed by atoms with E-state index in [0.717, 1.165) is 0 Å². The number of hydrogen-bond donors (Lipinski definition) is 0. The first-order valence-electron chi connectivity index (χ1n) is 20.5. The summed E-state index contributed by atoms with van der Waals surface area (Å²) in [6.45, 7) is 0.184. The predicted octanol–water partition coefficient (Wildman–Crippen LogP) is 8.59. The quantitative estimate of drug-likeness (QED) is 0.165. The maximum atomic E-state index is 4.41. The third-order valence-electron chi connectivity index (χ3n) is 13.6. The van der Waals surface area contributed by atoms with Gasteiger partial charge < -0.3 is 9.13 Å². The van der Waals surface area contributed by atoms with Crippen molar-refractivity contribution >= 4 is 113 Å². The van der Waals surface area contributed by atoms with Gasteiger partial charge in [0.25, 0.3) is 0 Å². The molecule has 0 unspecified atom stereocenters. The van der Waals surface area contributed by atoms with Crippen LogP contribution in [0.15, 0.2) is 190 Å². The van der Waals surface area contributed by atoms with Crippen molar-refractivity contribution in [2.24, 2.45) is 0 Å². The average Bonchev–Trinajstić information content (AvgIpc) is 3.85. The van der Waals surface area contributed by atoms with Crippen molar-refractivity contribution in [1.82, 2.24) is 19.1 Å². The number of fused-ring (bicyclic) bond motifs is 16. The Hall–Kier alpha value is -6.73. The Bertz CT molecular complexity index is 3500. The van der Waals surface area contributed by atoms with Gasteiger partial charge in [-0.15, -0.1) is 0 Å². The van der Waals surface area contributed by atoms with Crippen LogP contribution in [0.5, 0.6) is 0 Å². The van der Waals surface area contributed by atoms with Gasteiger partial charge in [0.15, 0.2) is 0 Å². The maximum Gasteiger partial charge on any atom is 0.249 e. The summed E-state index contributed by atoms with van der Waals surface area (Å²) < 4.78 is 5.12. The van der Waals surface area contributed by atoms with Crippen LogP contribution in [0.2, 0.25) is 0 Å². The van der Waals surface area contributed by atoms with Gasteiger partial charge in [-0.2, -0.15) is 0 Å². The van der Waals surface area contributed by atoms with Crippen LogP contribution >= 0.6 is 23.5 Å². The number of nitrogens with zero attached hydrogens (tertiary/aromatic N) is 4. The Morgan fingerprint density at radius 2 is 0.833 bits per heavy atom. The summed E-state index contributed by atoms with van der Waals surface area (Å²) in [6, 6.07) is 55.0. The second-order valence-electron chi connectivity index (χ2n) is 16.4. The van der Waals surface area contributed by atoms with E-state index in [1.807, 2.05) is 48.3 Å². The SMILES string of the molecule is c1ccc2c(c1)B1c3cc4c(cc3Sc3cc(-c5ccncc5)c5c6ccccc6n-2c5c31)Sc1cc(-c2ccncc2)c2c3ccccc3n3c2c1B4c1ccccc1-3. The minimum Gasteiger partial charge on any atom is -0.310 e. The molecule has 8 heterocycles. The van der Waals surface area contributed by atoms with Gasteiger partial charge in [-0.25, -0.2) is 0 Å². The molecule has 0 fully saturated rings. The van der Waals surface area contributed by atoms with E-state index in [1.165, 1.54) is 130 Å². The molecular weight excluding hydrogens is 766 g/mol. The first-order valence-corrected chi connectivity index (χ1v) is 22.2. The summed E-state index contributed by atoms with van der Waals surface area (Å²) in [7, 11) is 0. The van der Waals surface area contributed by atoms with Gasteiger partial charge in [0.1, 0.15) is 0 Å². The summed E-state index contributed by atoms with van der Waals surface area (Å²) in [5.41, 5.74) is 21.0. The standard InChI is InChI=1S/C52H28B2N4S2/c1-5-13-39-31(9-1)47-33(29-17-21-55-22-18-29)25-45-49-51(47)57(39)41-15-7-3-11-35(41)53(49)37-27-38-44(28-43(37)59-45)60-46-26-34(30-19-23-56-24-20-30)48-32-10-2-6-14-40(32)58-42-16-8-4-12-36(42)54(38)50(46)52(48)58/h1-28H. The molecule has 7 aromatic carbocycles. The molecule has 4 aromatic heterocycles. The van der Waals surface area contributed by atoms with Gasteiger partial charge in [-0.3, -0.25) is 9.97 Å². The molecule has 0 atom stereocenters. The van der Waals surface area contributed by atoms with Crippen molar-refractivity contribution < 1.29 is 0 Å². The molecule has 274 valence electrons. The molecule has 0 saturated carbocycles. The molecule has 4 aliphatic rings. The summed E-state index contributed by atoms with van der Waals surface area (Å²) in [4.78, 5) is 14.2. The van der Waals surface area contributed by atoms with Gasteiger partial charge in [-0.1, -0.05) is 113 Å².